The van der Waals surface area contributed by atoms with Gasteiger partial charge in [0.05, 0.1) is 11.6 Å². The minimum Gasteiger partial charge on any atom is -0.384 e. The molecule has 1 heterocycles. The van der Waals surface area contributed by atoms with Crippen molar-refractivity contribution >= 4 is 11.3 Å². The summed E-state index contributed by atoms with van der Waals surface area (Å²) in [6.07, 6.45) is 2.84. The maximum absolute atomic E-state index is 4.97. The Morgan fingerprint density at radius 3 is 3.17 bits per heavy atom. The van der Waals surface area contributed by atoms with Gasteiger partial charge in [0.1, 0.15) is 0 Å². The zero-order valence-electron chi connectivity index (χ0n) is 7.46. The van der Waals surface area contributed by atoms with Gasteiger partial charge in [0.15, 0.2) is 0 Å². The summed E-state index contributed by atoms with van der Waals surface area (Å²) in [6, 6.07) is 0. The summed E-state index contributed by atoms with van der Waals surface area (Å²) in [4.78, 5) is 5.55. The van der Waals surface area contributed by atoms with Gasteiger partial charge in [-0.1, -0.05) is 0 Å². The van der Waals surface area contributed by atoms with E-state index < -0.39 is 0 Å². The van der Waals surface area contributed by atoms with Crippen LogP contribution in [-0.2, 0) is 17.7 Å². The van der Waals surface area contributed by atoms with Gasteiger partial charge in [-0.25, -0.2) is 4.98 Å². The van der Waals surface area contributed by atoms with E-state index in [0.29, 0.717) is 0 Å². The number of methoxy groups -OCH3 is 1. The van der Waals surface area contributed by atoms with E-state index in [2.05, 4.69) is 10.3 Å². The van der Waals surface area contributed by atoms with Crippen LogP contribution in [0.5, 0.6) is 0 Å². The average molecular weight is 186 g/mol. The first kappa shape index (κ1) is 9.64. The fraction of sp³-hybridized carbons (Fsp3) is 0.625. The largest absolute Gasteiger partial charge is 0.384 e. The van der Waals surface area contributed by atoms with Crippen molar-refractivity contribution in [2.24, 2.45) is 0 Å². The first-order chi connectivity index (χ1) is 5.86. The summed E-state index contributed by atoms with van der Waals surface area (Å²) in [7, 11) is 3.65. The average Bonchev–Trinajstić information content (AvgIpc) is 2.50. The Morgan fingerprint density at radius 2 is 2.50 bits per heavy atom. The topological polar surface area (TPSA) is 34.2 Å². The molecule has 0 aromatic carbocycles. The van der Waals surface area contributed by atoms with Gasteiger partial charge in [0.25, 0.3) is 0 Å². The van der Waals surface area contributed by atoms with Crippen LogP contribution in [0.4, 0.5) is 0 Å². The molecular weight excluding hydrogens is 172 g/mol. The molecule has 3 nitrogen and oxygen atoms in total. The summed E-state index contributed by atoms with van der Waals surface area (Å²) < 4.78 is 4.97. The number of nitrogens with one attached hydrogen (secondary N) is 1. The first-order valence-corrected chi connectivity index (χ1v) is 4.75. The van der Waals surface area contributed by atoms with E-state index in [1.54, 1.807) is 18.4 Å². The highest BCUT2D eigenvalue weighted by Crippen LogP contribution is 2.12. The van der Waals surface area contributed by atoms with E-state index in [-0.39, 0.29) is 0 Å². The van der Waals surface area contributed by atoms with Gasteiger partial charge in [-0.05, 0) is 7.05 Å². The van der Waals surface area contributed by atoms with Crippen molar-refractivity contribution in [2.45, 2.75) is 13.0 Å². The van der Waals surface area contributed by atoms with E-state index >= 15 is 0 Å². The van der Waals surface area contributed by atoms with Gasteiger partial charge in [-0.2, -0.15) is 0 Å². The molecule has 1 N–H and O–H groups in total. The lowest BCUT2D eigenvalue weighted by molar-refractivity contribution is 0.202. The van der Waals surface area contributed by atoms with Crippen LogP contribution in [0.1, 0.15) is 9.88 Å². The van der Waals surface area contributed by atoms with Crippen molar-refractivity contribution in [3.05, 3.63) is 16.1 Å². The number of thiazole rings is 1. The lowest BCUT2D eigenvalue weighted by atomic mass is 10.5. The van der Waals surface area contributed by atoms with Crippen LogP contribution in [-0.4, -0.2) is 25.7 Å². The predicted molar refractivity (Wildman–Crippen MR) is 50.5 cm³/mol. The van der Waals surface area contributed by atoms with Crippen molar-refractivity contribution in [3.8, 4) is 0 Å². The Kier molecular flexibility index (Phi) is 4.21. The summed E-state index contributed by atoms with van der Waals surface area (Å²) in [6.45, 7) is 1.66. The smallest absolute Gasteiger partial charge is 0.0951 e. The lowest BCUT2D eigenvalue weighted by Crippen LogP contribution is -2.02. The zero-order chi connectivity index (χ0) is 8.81. The molecule has 0 saturated carbocycles. The van der Waals surface area contributed by atoms with Crippen molar-refractivity contribution in [3.63, 3.8) is 0 Å². The van der Waals surface area contributed by atoms with Gasteiger partial charge in [-0.15, -0.1) is 11.3 Å². The van der Waals surface area contributed by atoms with Crippen LogP contribution in [0.3, 0.4) is 0 Å². The number of hydrogen-bond acceptors (Lipinski definition) is 4. The van der Waals surface area contributed by atoms with Crippen molar-refractivity contribution in [2.75, 3.05) is 20.8 Å². The molecule has 0 unspecified atom stereocenters. The van der Waals surface area contributed by atoms with Crippen LogP contribution in [0.2, 0.25) is 0 Å². The van der Waals surface area contributed by atoms with Crippen molar-refractivity contribution in [1.82, 2.24) is 10.3 Å². The summed E-state index contributed by atoms with van der Waals surface area (Å²) >= 11 is 1.74. The summed E-state index contributed by atoms with van der Waals surface area (Å²) in [5, 5.41) is 4.25. The second-order valence-electron chi connectivity index (χ2n) is 2.49. The molecule has 0 aliphatic carbocycles. The van der Waals surface area contributed by atoms with E-state index in [1.807, 2.05) is 13.2 Å². The summed E-state index contributed by atoms with van der Waals surface area (Å²) in [5.74, 6) is 0. The monoisotopic (exact) mass is 186 g/mol. The molecule has 0 saturated heterocycles. The Balaban J connectivity index is 2.41. The van der Waals surface area contributed by atoms with E-state index in [0.717, 1.165) is 24.6 Å². The van der Waals surface area contributed by atoms with Gasteiger partial charge in [-0.3, -0.25) is 0 Å². The number of aromatic nitrogens is 1. The second kappa shape index (κ2) is 5.24. The maximum atomic E-state index is 4.97. The van der Waals surface area contributed by atoms with E-state index in [1.165, 1.54) is 4.88 Å². The normalized spacial score (nSPS) is 10.5. The molecular formula is C8H14N2OS. The molecule has 0 atom stereocenters. The minimum atomic E-state index is 0.756. The SMILES string of the molecule is CNCc1cnc(CCOC)s1. The molecule has 0 spiro atoms. The molecule has 68 valence electrons. The van der Waals surface area contributed by atoms with Crippen LogP contribution < -0.4 is 5.32 Å². The van der Waals surface area contributed by atoms with Crippen LogP contribution in [0, 0.1) is 0 Å². The van der Waals surface area contributed by atoms with Crippen LogP contribution >= 0.6 is 11.3 Å². The molecule has 0 aliphatic heterocycles. The quantitative estimate of drug-likeness (QED) is 0.746. The van der Waals surface area contributed by atoms with Crippen LogP contribution in [0.25, 0.3) is 0 Å². The molecule has 0 bridgehead atoms. The van der Waals surface area contributed by atoms with E-state index in [9.17, 15) is 0 Å². The van der Waals surface area contributed by atoms with Gasteiger partial charge in [0.2, 0.25) is 0 Å². The standard InChI is InChI=1S/C8H14N2OS/c1-9-5-7-6-10-8(12-7)3-4-11-2/h6,9H,3-5H2,1-2H3. The molecule has 4 heteroatoms. The highest BCUT2D eigenvalue weighted by molar-refractivity contribution is 7.11. The maximum Gasteiger partial charge on any atom is 0.0951 e. The first-order valence-electron chi connectivity index (χ1n) is 3.94. The summed E-state index contributed by atoms with van der Waals surface area (Å²) in [5.41, 5.74) is 0. The fourth-order valence-electron chi connectivity index (χ4n) is 0.909. The van der Waals surface area contributed by atoms with Gasteiger partial charge in [0, 0.05) is 31.1 Å². The number of ether oxygens (including phenoxy) is 1. The Morgan fingerprint density at radius 1 is 1.67 bits per heavy atom. The van der Waals surface area contributed by atoms with Crippen molar-refractivity contribution < 1.29 is 4.74 Å². The third-order valence-electron chi connectivity index (χ3n) is 1.47. The predicted octanol–water partition coefficient (Wildman–Crippen LogP) is 1.05. The third kappa shape index (κ3) is 2.89. The van der Waals surface area contributed by atoms with Gasteiger partial charge >= 0.3 is 0 Å². The van der Waals surface area contributed by atoms with Crippen LogP contribution in [0.15, 0.2) is 6.20 Å². The Hall–Kier alpha value is -0.450. The van der Waals surface area contributed by atoms with Gasteiger partial charge < -0.3 is 10.1 Å². The third-order valence-corrected chi connectivity index (χ3v) is 2.53. The highest BCUT2D eigenvalue weighted by Gasteiger charge is 1.99. The number of nitrogens with zero attached hydrogens (tertiary/aromatic N) is 1. The molecule has 0 radical (unpaired) electrons. The Bertz CT molecular complexity index is 225. The number of rotatable bonds is 5. The zero-order valence-corrected chi connectivity index (χ0v) is 8.28. The molecule has 12 heavy (non-hydrogen) atoms. The lowest BCUT2D eigenvalue weighted by Gasteiger charge is -1.93. The molecule has 0 amide bonds. The highest BCUT2D eigenvalue weighted by atomic mass is 32.1. The fourth-order valence-corrected chi connectivity index (χ4v) is 1.82. The molecule has 1 aromatic heterocycles. The van der Waals surface area contributed by atoms with Crippen molar-refractivity contribution in [1.29, 1.82) is 0 Å². The van der Waals surface area contributed by atoms with E-state index in [4.69, 9.17) is 4.74 Å². The second-order valence-corrected chi connectivity index (χ2v) is 3.69. The Labute approximate surface area is 76.8 Å². The number of hydrogen-bond donors (Lipinski definition) is 1. The molecule has 1 aromatic rings. The molecule has 0 aliphatic rings. The molecule has 1 rings (SSSR count). The molecule has 0 fully saturated rings. The minimum absolute atomic E-state index is 0.756.